The SMILES string of the molecule is CC(C)(C)c1cc(N2CN(c3cccc(Oc4ccc5c6cc(C#N)ccc6n(-c6cc(C(C)(C)C)ccn6)c5c4)c3)c3ccc(-c4ccccc4)cc32)cc(C(C)(C)C)c1. The third kappa shape index (κ3) is 7.50. The summed E-state index contributed by atoms with van der Waals surface area (Å²) in [7, 11) is 0. The molecule has 0 atom stereocenters. The summed E-state index contributed by atoms with van der Waals surface area (Å²) >= 11 is 0. The minimum atomic E-state index is -0.0490. The lowest BCUT2D eigenvalue weighted by molar-refractivity contribution is 0.483. The van der Waals surface area contributed by atoms with Gasteiger partial charge in [-0.1, -0.05) is 111 Å². The Morgan fingerprint density at radius 1 is 0.525 bits per heavy atom. The van der Waals surface area contributed by atoms with Crippen LogP contribution in [-0.4, -0.2) is 16.2 Å². The number of anilines is 4. The first-order chi connectivity index (χ1) is 29.0. The smallest absolute Gasteiger partial charge is 0.137 e. The maximum atomic E-state index is 9.80. The number of fused-ring (bicyclic) bond motifs is 4. The zero-order valence-electron chi connectivity index (χ0n) is 36.7. The predicted molar refractivity (Wildman–Crippen MR) is 253 cm³/mol. The van der Waals surface area contributed by atoms with Gasteiger partial charge in [-0.25, -0.2) is 4.98 Å². The van der Waals surface area contributed by atoms with E-state index in [0.29, 0.717) is 18.0 Å². The van der Waals surface area contributed by atoms with Crippen LogP contribution in [0.3, 0.4) is 0 Å². The van der Waals surface area contributed by atoms with E-state index in [-0.39, 0.29) is 16.2 Å². The Labute approximate surface area is 360 Å². The Balaban J connectivity index is 1.12. The summed E-state index contributed by atoms with van der Waals surface area (Å²) in [4.78, 5) is 9.71. The number of ether oxygens (including phenoxy) is 1. The fraction of sp³-hybridized carbons (Fsp3) is 0.236. The number of hydrogen-bond acceptors (Lipinski definition) is 5. The van der Waals surface area contributed by atoms with Crippen molar-refractivity contribution in [3.8, 4) is 34.5 Å². The molecule has 0 unspecified atom stereocenters. The average molecular weight is 800 g/mol. The minimum absolute atomic E-state index is 0.0141. The monoisotopic (exact) mass is 799 g/mol. The molecule has 0 fully saturated rings. The summed E-state index contributed by atoms with van der Waals surface area (Å²) < 4.78 is 8.94. The lowest BCUT2D eigenvalue weighted by Gasteiger charge is -2.29. The third-order valence-electron chi connectivity index (χ3n) is 12.0. The number of hydrogen-bond donors (Lipinski definition) is 0. The van der Waals surface area contributed by atoms with Gasteiger partial charge in [-0.3, -0.25) is 4.57 Å². The van der Waals surface area contributed by atoms with Crippen molar-refractivity contribution in [1.82, 2.24) is 9.55 Å². The van der Waals surface area contributed by atoms with Gasteiger partial charge in [0, 0.05) is 40.5 Å². The van der Waals surface area contributed by atoms with Crippen molar-refractivity contribution in [3.05, 3.63) is 168 Å². The maximum Gasteiger partial charge on any atom is 0.137 e. The second-order valence-corrected chi connectivity index (χ2v) is 19.4. The van der Waals surface area contributed by atoms with Gasteiger partial charge in [0.05, 0.1) is 34.0 Å². The molecular weight excluding hydrogens is 747 g/mol. The van der Waals surface area contributed by atoms with Gasteiger partial charge in [-0.05, 0) is 123 Å². The molecule has 304 valence electrons. The van der Waals surface area contributed by atoms with E-state index in [2.05, 4.69) is 192 Å². The summed E-state index contributed by atoms with van der Waals surface area (Å²) in [6.07, 6.45) is 1.88. The third-order valence-corrected chi connectivity index (χ3v) is 12.0. The lowest BCUT2D eigenvalue weighted by atomic mass is 9.80. The number of rotatable bonds is 6. The van der Waals surface area contributed by atoms with E-state index in [1.165, 1.54) is 39.2 Å². The van der Waals surface area contributed by atoms with Gasteiger partial charge in [0.25, 0.3) is 0 Å². The van der Waals surface area contributed by atoms with Crippen molar-refractivity contribution in [1.29, 1.82) is 5.26 Å². The summed E-state index contributed by atoms with van der Waals surface area (Å²) in [5, 5.41) is 11.8. The van der Waals surface area contributed by atoms with E-state index >= 15 is 0 Å². The van der Waals surface area contributed by atoms with Crippen molar-refractivity contribution in [2.24, 2.45) is 0 Å². The van der Waals surface area contributed by atoms with E-state index in [4.69, 9.17) is 9.72 Å². The molecule has 0 saturated carbocycles. The van der Waals surface area contributed by atoms with E-state index in [0.717, 1.165) is 44.7 Å². The van der Waals surface area contributed by atoms with Gasteiger partial charge in [0.2, 0.25) is 0 Å². The highest BCUT2D eigenvalue weighted by atomic mass is 16.5. The minimum Gasteiger partial charge on any atom is -0.457 e. The van der Waals surface area contributed by atoms with Gasteiger partial charge < -0.3 is 14.5 Å². The molecule has 8 aromatic rings. The van der Waals surface area contributed by atoms with Gasteiger partial charge in [0.15, 0.2) is 0 Å². The number of nitrogens with zero attached hydrogens (tertiary/aromatic N) is 5. The molecule has 6 nitrogen and oxygen atoms in total. The van der Waals surface area contributed by atoms with Gasteiger partial charge in [0.1, 0.15) is 24.0 Å². The van der Waals surface area contributed by atoms with E-state index in [9.17, 15) is 5.26 Å². The molecule has 0 amide bonds. The Bertz CT molecular complexity index is 2970. The largest absolute Gasteiger partial charge is 0.457 e. The first-order valence-corrected chi connectivity index (χ1v) is 21.2. The molecule has 61 heavy (non-hydrogen) atoms. The Hall–Kier alpha value is -6.84. The fourth-order valence-electron chi connectivity index (χ4n) is 8.39. The molecule has 0 bridgehead atoms. The van der Waals surface area contributed by atoms with Crippen molar-refractivity contribution in [2.45, 2.75) is 78.6 Å². The number of benzene rings is 6. The summed E-state index contributed by atoms with van der Waals surface area (Å²) in [5.74, 6) is 2.28. The Kier molecular flexibility index (Phi) is 9.55. The quantitative estimate of drug-likeness (QED) is 0.168. The summed E-state index contributed by atoms with van der Waals surface area (Å²) in [6.45, 7) is 21.1. The van der Waals surface area contributed by atoms with Crippen LogP contribution in [-0.2, 0) is 16.2 Å². The van der Waals surface area contributed by atoms with Crippen LogP contribution in [0.5, 0.6) is 11.5 Å². The second kappa shape index (κ2) is 14.7. The maximum absolute atomic E-state index is 9.80. The van der Waals surface area contributed by atoms with E-state index in [1.54, 1.807) is 0 Å². The summed E-state index contributed by atoms with van der Waals surface area (Å²) in [6, 6.07) is 51.6. The van der Waals surface area contributed by atoms with E-state index in [1.807, 2.05) is 36.5 Å². The molecule has 0 spiro atoms. The molecule has 3 heterocycles. The molecule has 0 N–H and O–H groups in total. The van der Waals surface area contributed by atoms with Crippen LogP contribution in [0.4, 0.5) is 22.7 Å². The molecule has 0 aliphatic carbocycles. The molecule has 0 saturated heterocycles. The lowest BCUT2D eigenvalue weighted by Crippen LogP contribution is -2.25. The molecule has 9 rings (SSSR count). The zero-order valence-corrected chi connectivity index (χ0v) is 36.7. The van der Waals surface area contributed by atoms with Crippen LogP contribution in [0.25, 0.3) is 38.8 Å². The standard InChI is InChI=1S/C55H53N5O/c1-53(2,3)39-24-25-57-52(31-39)60-48-22-18-36(34-56)26-47(48)46-21-20-45(33-50(46)60)61-44-17-13-16-42(32-44)58-35-59(43-29-40(54(4,5)6)28-41(30-43)55(7,8)9)51-27-38(19-23-49(51)58)37-14-11-10-12-15-37/h10-33H,35H2,1-9H3. The molecular formula is C55H53N5O. The highest BCUT2D eigenvalue weighted by molar-refractivity contribution is 6.10. The van der Waals surface area contributed by atoms with Crippen molar-refractivity contribution in [3.63, 3.8) is 0 Å². The highest BCUT2D eigenvalue weighted by Crippen LogP contribution is 2.48. The van der Waals surface area contributed by atoms with Crippen molar-refractivity contribution in [2.75, 3.05) is 16.5 Å². The van der Waals surface area contributed by atoms with Gasteiger partial charge >= 0.3 is 0 Å². The highest BCUT2D eigenvalue weighted by Gasteiger charge is 2.31. The van der Waals surface area contributed by atoms with Crippen LogP contribution in [0.15, 0.2) is 146 Å². The predicted octanol–water partition coefficient (Wildman–Crippen LogP) is 14.6. The Morgan fingerprint density at radius 2 is 1.23 bits per heavy atom. The van der Waals surface area contributed by atoms with Crippen LogP contribution >= 0.6 is 0 Å². The van der Waals surface area contributed by atoms with Gasteiger partial charge in [-0.15, -0.1) is 0 Å². The normalized spacial score (nSPS) is 13.2. The number of pyridine rings is 1. The van der Waals surface area contributed by atoms with Crippen LogP contribution in [0.2, 0.25) is 0 Å². The summed E-state index contributed by atoms with van der Waals surface area (Å²) in [5.41, 5.74) is 13.2. The molecule has 6 heteroatoms. The molecule has 0 radical (unpaired) electrons. The molecule has 2 aromatic heterocycles. The Morgan fingerprint density at radius 3 is 1.93 bits per heavy atom. The van der Waals surface area contributed by atoms with Crippen LogP contribution in [0, 0.1) is 11.3 Å². The zero-order chi connectivity index (χ0) is 42.8. The molecule has 6 aromatic carbocycles. The van der Waals surface area contributed by atoms with Crippen LogP contribution < -0.4 is 14.5 Å². The number of nitriles is 1. The fourth-order valence-corrected chi connectivity index (χ4v) is 8.39. The van der Waals surface area contributed by atoms with E-state index < -0.39 is 0 Å². The van der Waals surface area contributed by atoms with Crippen molar-refractivity contribution < 1.29 is 4.74 Å². The first kappa shape index (κ1) is 39.6. The van der Waals surface area contributed by atoms with Crippen molar-refractivity contribution >= 4 is 44.6 Å². The van der Waals surface area contributed by atoms with Crippen LogP contribution in [0.1, 0.15) is 84.6 Å². The molecule has 1 aliphatic heterocycles. The second-order valence-electron chi connectivity index (χ2n) is 19.4. The average Bonchev–Trinajstić information content (AvgIpc) is 3.78. The first-order valence-electron chi connectivity index (χ1n) is 21.2. The van der Waals surface area contributed by atoms with Gasteiger partial charge in [-0.2, -0.15) is 5.26 Å². The molecule has 1 aliphatic rings. The number of aromatic nitrogens is 2. The topological polar surface area (TPSA) is 57.3 Å².